The SMILES string of the molecule is Cc1cc(C)c(S(=O)(=O)N[C@H](Cc2ccccc2)C(=O)N[C@H]2CCCc3ccccc32)c(C)c1. The summed E-state index contributed by atoms with van der Waals surface area (Å²) in [4.78, 5) is 13.8. The molecule has 34 heavy (non-hydrogen) atoms. The van der Waals surface area contributed by atoms with Gasteiger partial charge in [-0.2, -0.15) is 4.72 Å². The quantitative estimate of drug-likeness (QED) is 0.519. The summed E-state index contributed by atoms with van der Waals surface area (Å²) in [6, 6.07) is 20.3. The van der Waals surface area contributed by atoms with Gasteiger partial charge >= 0.3 is 0 Å². The van der Waals surface area contributed by atoms with Gasteiger partial charge < -0.3 is 5.32 Å². The fraction of sp³-hybridized carbons (Fsp3) is 0.321. The number of benzene rings is 3. The molecule has 178 valence electrons. The van der Waals surface area contributed by atoms with Gasteiger partial charge in [0.05, 0.1) is 10.9 Å². The highest BCUT2D eigenvalue weighted by molar-refractivity contribution is 7.89. The van der Waals surface area contributed by atoms with E-state index in [0.717, 1.165) is 36.0 Å². The number of aryl methyl sites for hydroxylation is 4. The Labute approximate surface area is 202 Å². The highest BCUT2D eigenvalue weighted by Gasteiger charge is 2.30. The fourth-order valence-corrected chi connectivity index (χ4v) is 6.70. The Hall–Kier alpha value is -2.96. The van der Waals surface area contributed by atoms with Crippen molar-refractivity contribution >= 4 is 15.9 Å². The van der Waals surface area contributed by atoms with Crippen LogP contribution in [0.15, 0.2) is 71.6 Å². The lowest BCUT2D eigenvalue weighted by molar-refractivity contribution is -0.123. The number of fused-ring (bicyclic) bond motifs is 1. The first kappa shape index (κ1) is 24.2. The normalized spacial score (nSPS) is 16.5. The van der Waals surface area contributed by atoms with Crippen LogP contribution in [0.5, 0.6) is 0 Å². The van der Waals surface area contributed by atoms with E-state index in [1.165, 1.54) is 5.56 Å². The van der Waals surface area contributed by atoms with Crippen LogP contribution in [0.3, 0.4) is 0 Å². The number of carbonyl (C=O) groups is 1. The molecule has 2 atom stereocenters. The molecule has 0 fully saturated rings. The molecule has 1 amide bonds. The fourth-order valence-electron chi connectivity index (χ4n) is 5.05. The van der Waals surface area contributed by atoms with Gasteiger partial charge in [0.1, 0.15) is 6.04 Å². The molecule has 1 aliphatic rings. The van der Waals surface area contributed by atoms with Crippen LogP contribution >= 0.6 is 0 Å². The second-order valence-electron chi connectivity index (χ2n) is 9.24. The summed E-state index contributed by atoms with van der Waals surface area (Å²) in [6.45, 7) is 5.52. The van der Waals surface area contributed by atoms with Gasteiger partial charge in [0.25, 0.3) is 0 Å². The van der Waals surface area contributed by atoms with Crippen molar-refractivity contribution in [3.8, 4) is 0 Å². The molecule has 0 saturated carbocycles. The zero-order valence-corrected chi connectivity index (χ0v) is 20.8. The predicted molar refractivity (Wildman–Crippen MR) is 135 cm³/mol. The van der Waals surface area contributed by atoms with E-state index >= 15 is 0 Å². The molecule has 0 aliphatic heterocycles. The molecule has 3 aromatic rings. The number of hydrogen-bond acceptors (Lipinski definition) is 3. The van der Waals surface area contributed by atoms with Crippen molar-refractivity contribution in [3.63, 3.8) is 0 Å². The maximum absolute atomic E-state index is 13.5. The Kier molecular flexibility index (Phi) is 7.19. The number of sulfonamides is 1. The Balaban J connectivity index is 1.63. The number of amides is 1. The van der Waals surface area contributed by atoms with E-state index in [1.807, 2.05) is 61.5 Å². The van der Waals surface area contributed by atoms with Crippen LogP contribution < -0.4 is 10.0 Å². The van der Waals surface area contributed by atoms with Gasteiger partial charge in [0.15, 0.2) is 0 Å². The molecular weight excluding hydrogens is 444 g/mol. The summed E-state index contributed by atoms with van der Waals surface area (Å²) in [5.74, 6) is -0.309. The highest BCUT2D eigenvalue weighted by Crippen LogP contribution is 2.30. The smallest absolute Gasteiger partial charge is 0.241 e. The highest BCUT2D eigenvalue weighted by atomic mass is 32.2. The molecule has 1 aliphatic carbocycles. The third-order valence-corrected chi connectivity index (χ3v) is 8.23. The molecule has 0 unspecified atom stereocenters. The molecule has 5 nitrogen and oxygen atoms in total. The maximum atomic E-state index is 13.5. The Morgan fingerprint density at radius 2 is 1.62 bits per heavy atom. The van der Waals surface area contributed by atoms with E-state index in [0.29, 0.717) is 11.1 Å². The monoisotopic (exact) mass is 476 g/mol. The first-order valence-electron chi connectivity index (χ1n) is 11.8. The minimum atomic E-state index is -3.91. The zero-order valence-electron chi connectivity index (χ0n) is 20.0. The second-order valence-corrected chi connectivity index (χ2v) is 10.9. The molecule has 0 saturated heterocycles. The van der Waals surface area contributed by atoms with Gasteiger partial charge in [-0.3, -0.25) is 4.79 Å². The summed E-state index contributed by atoms with van der Waals surface area (Å²) >= 11 is 0. The maximum Gasteiger partial charge on any atom is 0.241 e. The van der Waals surface area contributed by atoms with E-state index in [-0.39, 0.29) is 23.3 Å². The van der Waals surface area contributed by atoms with E-state index in [9.17, 15) is 13.2 Å². The average molecular weight is 477 g/mol. The first-order chi connectivity index (χ1) is 16.2. The van der Waals surface area contributed by atoms with Gasteiger partial charge in [-0.15, -0.1) is 0 Å². The van der Waals surface area contributed by atoms with Gasteiger partial charge in [0.2, 0.25) is 15.9 Å². The van der Waals surface area contributed by atoms with Crippen LogP contribution in [0, 0.1) is 20.8 Å². The third-order valence-electron chi connectivity index (χ3n) is 6.46. The van der Waals surface area contributed by atoms with Crippen LogP contribution in [0.25, 0.3) is 0 Å². The minimum absolute atomic E-state index is 0.122. The van der Waals surface area contributed by atoms with Crippen molar-refractivity contribution in [2.45, 2.75) is 63.4 Å². The summed E-state index contributed by atoms with van der Waals surface area (Å²) in [5.41, 5.74) is 5.60. The molecule has 0 spiro atoms. The zero-order chi connectivity index (χ0) is 24.3. The molecule has 0 aromatic heterocycles. The van der Waals surface area contributed by atoms with Crippen LogP contribution in [0.2, 0.25) is 0 Å². The van der Waals surface area contributed by atoms with Crippen LogP contribution in [0.4, 0.5) is 0 Å². The third kappa shape index (κ3) is 5.40. The molecule has 0 radical (unpaired) electrons. The first-order valence-corrected chi connectivity index (χ1v) is 13.2. The van der Waals surface area contributed by atoms with Crippen LogP contribution in [-0.4, -0.2) is 20.4 Å². The van der Waals surface area contributed by atoms with E-state index < -0.39 is 16.1 Å². The lowest BCUT2D eigenvalue weighted by Gasteiger charge is -2.28. The van der Waals surface area contributed by atoms with E-state index in [2.05, 4.69) is 22.2 Å². The van der Waals surface area contributed by atoms with Gasteiger partial charge in [-0.1, -0.05) is 72.3 Å². The Morgan fingerprint density at radius 1 is 0.971 bits per heavy atom. The average Bonchev–Trinajstić information content (AvgIpc) is 2.78. The van der Waals surface area contributed by atoms with E-state index in [1.54, 1.807) is 13.8 Å². The number of carbonyl (C=O) groups excluding carboxylic acids is 1. The van der Waals surface area contributed by atoms with Gasteiger partial charge in [0, 0.05) is 0 Å². The van der Waals surface area contributed by atoms with Crippen LogP contribution in [-0.2, 0) is 27.7 Å². The summed E-state index contributed by atoms with van der Waals surface area (Å²) < 4.78 is 29.7. The van der Waals surface area contributed by atoms with Gasteiger partial charge in [-0.05, 0) is 74.3 Å². The lowest BCUT2D eigenvalue weighted by Crippen LogP contribution is -2.49. The number of nitrogens with one attached hydrogen (secondary N) is 2. The van der Waals surface area contributed by atoms with Crippen molar-refractivity contribution in [3.05, 3.63) is 100 Å². The standard InChI is InChI=1S/C28H32N2O3S/c1-19-16-20(2)27(21(3)17-19)34(32,33)30-26(18-22-10-5-4-6-11-22)28(31)29-25-15-9-13-23-12-7-8-14-24(23)25/h4-8,10-12,14,16-17,25-26,30H,9,13,15,18H2,1-3H3,(H,29,31)/t25-,26+/m0/s1. The molecular formula is C28H32N2O3S. The van der Waals surface area contributed by atoms with Crippen molar-refractivity contribution in [2.24, 2.45) is 0 Å². The Morgan fingerprint density at radius 3 is 2.32 bits per heavy atom. The van der Waals surface area contributed by atoms with E-state index in [4.69, 9.17) is 0 Å². The summed E-state index contributed by atoms with van der Waals surface area (Å²) in [5, 5.41) is 3.14. The van der Waals surface area contributed by atoms with Gasteiger partial charge in [-0.25, -0.2) is 8.42 Å². The molecule has 3 aromatic carbocycles. The molecule has 0 heterocycles. The molecule has 4 rings (SSSR count). The second kappa shape index (κ2) is 10.1. The number of rotatable bonds is 7. The number of hydrogen-bond donors (Lipinski definition) is 2. The van der Waals surface area contributed by atoms with Crippen molar-refractivity contribution in [1.82, 2.24) is 10.0 Å². The van der Waals surface area contributed by atoms with Crippen molar-refractivity contribution < 1.29 is 13.2 Å². The largest absolute Gasteiger partial charge is 0.348 e. The van der Waals surface area contributed by atoms with Crippen molar-refractivity contribution in [1.29, 1.82) is 0 Å². The summed E-state index contributed by atoms with van der Waals surface area (Å²) in [6.07, 6.45) is 3.08. The Bertz CT molecular complexity index is 1260. The summed E-state index contributed by atoms with van der Waals surface area (Å²) in [7, 11) is -3.91. The molecule has 2 N–H and O–H groups in total. The van der Waals surface area contributed by atoms with Crippen molar-refractivity contribution in [2.75, 3.05) is 0 Å². The molecule has 0 bridgehead atoms. The van der Waals surface area contributed by atoms with Crippen LogP contribution in [0.1, 0.15) is 52.3 Å². The topological polar surface area (TPSA) is 75.3 Å². The lowest BCUT2D eigenvalue weighted by atomic mass is 9.87. The predicted octanol–water partition coefficient (Wildman–Crippen LogP) is 4.70. The minimum Gasteiger partial charge on any atom is -0.348 e. The molecule has 6 heteroatoms.